The molecule has 0 aliphatic heterocycles. The van der Waals surface area contributed by atoms with E-state index < -0.39 is 6.10 Å². The van der Waals surface area contributed by atoms with Crippen LogP contribution >= 0.6 is 0 Å². The van der Waals surface area contributed by atoms with Crippen LogP contribution in [0.3, 0.4) is 0 Å². The second-order valence-corrected chi connectivity index (χ2v) is 4.21. The summed E-state index contributed by atoms with van der Waals surface area (Å²) in [4.78, 5) is 0. The summed E-state index contributed by atoms with van der Waals surface area (Å²) in [5.41, 5.74) is 2.01. The molecule has 0 radical (unpaired) electrons. The summed E-state index contributed by atoms with van der Waals surface area (Å²) in [7, 11) is 3.21. The molecule has 0 aliphatic carbocycles. The number of benzene rings is 1. The number of rotatable bonds is 6. The first-order chi connectivity index (χ1) is 8.06. The summed E-state index contributed by atoms with van der Waals surface area (Å²) in [5.74, 6) is 1.39. The Hall–Kier alpha value is -1.48. The highest BCUT2D eigenvalue weighted by atomic mass is 16.5. The molecule has 0 aromatic heterocycles. The first kappa shape index (κ1) is 13.6. The minimum absolute atomic E-state index is 0.398. The van der Waals surface area contributed by atoms with Gasteiger partial charge >= 0.3 is 0 Å². The third-order valence-electron chi connectivity index (χ3n) is 2.50. The van der Waals surface area contributed by atoms with E-state index in [1.807, 2.05) is 25.1 Å². The molecule has 1 aromatic rings. The smallest absolute Gasteiger partial charge is 0.160 e. The van der Waals surface area contributed by atoms with Gasteiger partial charge in [0.15, 0.2) is 11.5 Å². The Balaban J connectivity index is 2.75. The fourth-order valence-corrected chi connectivity index (χ4v) is 1.75. The van der Waals surface area contributed by atoms with Crippen LogP contribution in [0.25, 0.3) is 0 Å². The number of aliphatic hydroxyl groups is 1. The van der Waals surface area contributed by atoms with Crippen molar-refractivity contribution < 1.29 is 14.6 Å². The molecule has 0 spiro atoms. The molecular formula is C14H20O3. The molecule has 1 aromatic carbocycles. The molecule has 1 atom stereocenters. The van der Waals surface area contributed by atoms with Crippen molar-refractivity contribution in [3.8, 4) is 11.5 Å². The first-order valence-corrected chi connectivity index (χ1v) is 5.60. The normalized spacial score (nSPS) is 12.0. The minimum atomic E-state index is -0.398. The van der Waals surface area contributed by atoms with E-state index in [0.717, 1.165) is 11.1 Å². The quantitative estimate of drug-likeness (QED) is 0.771. The van der Waals surface area contributed by atoms with Gasteiger partial charge in [0.1, 0.15) is 0 Å². The molecule has 1 unspecified atom stereocenters. The molecular weight excluding hydrogens is 216 g/mol. The minimum Gasteiger partial charge on any atom is -0.493 e. The third kappa shape index (κ3) is 4.11. The van der Waals surface area contributed by atoms with Crippen molar-refractivity contribution in [2.24, 2.45) is 0 Å². The molecule has 3 heteroatoms. The van der Waals surface area contributed by atoms with Crippen LogP contribution in [0.4, 0.5) is 0 Å². The molecule has 0 heterocycles. The number of aliphatic hydroxyl groups excluding tert-OH is 1. The SMILES string of the molecule is C=C(C)CC(O)Cc1ccc(OC)c(OC)c1. The van der Waals surface area contributed by atoms with Gasteiger partial charge in [0.2, 0.25) is 0 Å². The van der Waals surface area contributed by atoms with E-state index in [1.165, 1.54) is 0 Å². The molecule has 0 fully saturated rings. The molecule has 0 bridgehead atoms. The van der Waals surface area contributed by atoms with Gasteiger partial charge in [-0.3, -0.25) is 0 Å². The van der Waals surface area contributed by atoms with Crippen molar-refractivity contribution >= 4 is 0 Å². The van der Waals surface area contributed by atoms with Gasteiger partial charge in [-0.2, -0.15) is 0 Å². The van der Waals surface area contributed by atoms with Crippen LogP contribution in [0.2, 0.25) is 0 Å². The lowest BCUT2D eigenvalue weighted by molar-refractivity contribution is 0.175. The fraction of sp³-hybridized carbons (Fsp3) is 0.429. The van der Waals surface area contributed by atoms with Gasteiger partial charge in [0.05, 0.1) is 20.3 Å². The van der Waals surface area contributed by atoms with Gasteiger partial charge in [-0.1, -0.05) is 11.6 Å². The zero-order valence-corrected chi connectivity index (χ0v) is 10.7. The molecule has 1 rings (SSSR count). The van der Waals surface area contributed by atoms with Crippen LogP contribution < -0.4 is 9.47 Å². The second kappa shape index (κ2) is 6.30. The van der Waals surface area contributed by atoms with Crippen LogP contribution in [0.15, 0.2) is 30.4 Å². The van der Waals surface area contributed by atoms with Crippen LogP contribution in [0.5, 0.6) is 11.5 Å². The van der Waals surface area contributed by atoms with E-state index in [9.17, 15) is 5.11 Å². The molecule has 1 N–H and O–H groups in total. The third-order valence-corrected chi connectivity index (χ3v) is 2.50. The zero-order valence-electron chi connectivity index (χ0n) is 10.7. The second-order valence-electron chi connectivity index (χ2n) is 4.21. The topological polar surface area (TPSA) is 38.7 Å². The summed E-state index contributed by atoms with van der Waals surface area (Å²) >= 11 is 0. The highest BCUT2D eigenvalue weighted by molar-refractivity contribution is 5.43. The van der Waals surface area contributed by atoms with Crippen molar-refractivity contribution in [2.75, 3.05) is 14.2 Å². The van der Waals surface area contributed by atoms with Crippen LogP contribution in [0, 0.1) is 0 Å². The predicted octanol–water partition coefficient (Wildman–Crippen LogP) is 2.57. The Morgan fingerprint density at radius 2 is 1.94 bits per heavy atom. The summed E-state index contributed by atoms with van der Waals surface area (Å²) in [6, 6.07) is 5.67. The van der Waals surface area contributed by atoms with E-state index in [-0.39, 0.29) is 0 Å². The van der Waals surface area contributed by atoms with Crippen molar-refractivity contribution in [3.63, 3.8) is 0 Å². The lowest BCUT2D eigenvalue weighted by atomic mass is 10.0. The van der Waals surface area contributed by atoms with Gasteiger partial charge in [-0.05, 0) is 37.5 Å². The molecule has 94 valence electrons. The summed E-state index contributed by atoms with van der Waals surface area (Å²) in [6.07, 6.45) is 0.812. The number of methoxy groups -OCH3 is 2. The highest BCUT2D eigenvalue weighted by Crippen LogP contribution is 2.28. The monoisotopic (exact) mass is 236 g/mol. The Morgan fingerprint density at radius 3 is 2.47 bits per heavy atom. The molecule has 17 heavy (non-hydrogen) atoms. The van der Waals surface area contributed by atoms with E-state index in [4.69, 9.17) is 9.47 Å². The van der Waals surface area contributed by atoms with Gasteiger partial charge in [-0.15, -0.1) is 6.58 Å². The van der Waals surface area contributed by atoms with Gasteiger partial charge in [0.25, 0.3) is 0 Å². The largest absolute Gasteiger partial charge is 0.493 e. The van der Waals surface area contributed by atoms with E-state index in [2.05, 4.69) is 6.58 Å². The van der Waals surface area contributed by atoms with Crippen LogP contribution in [0.1, 0.15) is 18.9 Å². The Morgan fingerprint density at radius 1 is 1.29 bits per heavy atom. The molecule has 0 amide bonds. The van der Waals surface area contributed by atoms with Crippen molar-refractivity contribution in [1.29, 1.82) is 0 Å². The first-order valence-electron chi connectivity index (χ1n) is 5.60. The maximum Gasteiger partial charge on any atom is 0.160 e. The predicted molar refractivity (Wildman–Crippen MR) is 68.7 cm³/mol. The zero-order chi connectivity index (χ0) is 12.8. The molecule has 0 aliphatic rings. The average molecular weight is 236 g/mol. The standard InChI is InChI=1S/C14H20O3/c1-10(2)7-12(15)8-11-5-6-13(16-3)14(9-11)17-4/h5-6,9,12,15H,1,7-8H2,2-4H3. The molecule has 3 nitrogen and oxygen atoms in total. The van der Waals surface area contributed by atoms with Crippen molar-refractivity contribution in [3.05, 3.63) is 35.9 Å². The highest BCUT2D eigenvalue weighted by Gasteiger charge is 2.09. The maximum atomic E-state index is 9.83. The van der Waals surface area contributed by atoms with E-state index in [0.29, 0.717) is 24.3 Å². The fourth-order valence-electron chi connectivity index (χ4n) is 1.75. The molecule has 0 saturated heterocycles. The Labute approximate surface area is 103 Å². The van der Waals surface area contributed by atoms with Gasteiger partial charge in [0, 0.05) is 0 Å². The summed E-state index contributed by atoms with van der Waals surface area (Å²) in [5, 5.41) is 9.83. The van der Waals surface area contributed by atoms with E-state index in [1.54, 1.807) is 14.2 Å². The lowest BCUT2D eigenvalue weighted by Crippen LogP contribution is -2.10. The van der Waals surface area contributed by atoms with Crippen molar-refractivity contribution in [2.45, 2.75) is 25.9 Å². The van der Waals surface area contributed by atoms with Gasteiger partial charge in [-0.25, -0.2) is 0 Å². The maximum absolute atomic E-state index is 9.83. The van der Waals surface area contributed by atoms with Crippen molar-refractivity contribution in [1.82, 2.24) is 0 Å². The summed E-state index contributed by atoms with van der Waals surface area (Å²) < 4.78 is 10.4. The van der Waals surface area contributed by atoms with Gasteiger partial charge < -0.3 is 14.6 Å². The average Bonchev–Trinajstić information content (AvgIpc) is 2.27. The lowest BCUT2D eigenvalue weighted by Gasteiger charge is -2.13. The van der Waals surface area contributed by atoms with Crippen LogP contribution in [-0.2, 0) is 6.42 Å². The summed E-state index contributed by atoms with van der Waals surface area (Å²) in [6.45, 7) is 5.71. The Bertz CT molecular complexity index is 385. The molecule has 0 saturated carbocycles. The Kier molecular flexibility index (Phi) is 5.04. The van der Waals surface area contributed by atoms with Crippen LogP contribution in [-0.4, -0.2) is 25.4 Å². The number of ether oxygens (including phenoxy) is 2. The van der Waals surface area contributed by atoms with E-state index >= 15 is 0 Å². The number of hydrogen-bond donors (Lipinski definition) is 1. The number of hydrogen-bond acceptors (Lipinski definition) is 3.